The van der Waals surface area contributed by atoms with Gasteiger partial charge in [-0.3, -0.25) is 9.59 Å². The highest BCUT2D eigenvalue weighted by molar-refractivity contribution is 7.17. The van der Waals surface area contributed by atoms with Gasteiger partial charge in [-0.1, -0.05) is 17.7 Å². The number of thiophene rings is 1. The molecule has 4 rings (SSSR count). The Labute approximate surface area is 163 Å². The number of anilines is 2. The van der Waals surface area contributed by atoms with Crippen molar-refractivity contribution in [3.8, 4) is 0 Å². The van der Waals surface area contributed by atoms with Gasteiger partial charge in [0.25, 0.3) is 5.91 Å². The molecule has 6 heteroatoms. The summed E-state index contributed by atoms with van der Waals surface area (Å²) in [5, 5.41) is 3.61. The van der Waals surface area contributed by atoms with Crippen molar-refractivity contribution in [1.29, 1.82) is 0 Å². The maximum absolute atomic E-state index is 13.0. The van der Waals surface area contributed by atoms with Crippen LogP contribution in [0, 0.1) is 6.92 Å². The molecular weight excluding hydrogens is 358 g/mol. The molecule has 2 aliphatic rings. The van der Waals surface area contributed by atoms with Gasteiger partial charge in [0.1, 0.15) is 11.0 Å². The van der Waals surface area contributed by atoms with Crippen LogP contribution in [0.1, 0.15) is 51.7 Å². The third kappa shape index (κ3) is 3.23. The van der Waals surface area contributed by atoms with Gasteiger partial charge in [0, 0.05) is 17.1 Å². The first-order chi connectivity index (χ1) is 13.0. The number of fused-ring (bicyclic) bond motifs is 2. The maximum Gasteiger partial charge on any atom is 0.251 e. The maximum atomic E-state index is 13.0. The van der Waals surface area contributed by atoms with Gasteiger partial charge in [0.2, 0.25) is 5.91 Å². The summed E-state index contributed by atoms with van der Waals surface area (Å²) in [5.74, 6) is -0.540. The number of amides is 2. The van der Waals surface area contributed by atoms with Gasteiger partial charge in [-0.25, -0.2) is 0 Å². The van der Waals surface area contributed by atoms with Crippen LogP contribution >= 0.6 is 11.3 Å². The molecule has 0 radical (unpaired) electrons. The Morgan fingerprint density at radius 3 is 2.81 bits per heavy atom. The average molecular weight is 384 g/mol. The lowest BCUT2D eigenvalue weighted by molar-refractivity contribution is -0.117. The van der Waals surface area contributed by atoms with E-state index in [0.29, 0.717) is 10.6 Å². The first-order valence-electron chi connectivity index (χ1n) is 9.57. The highest BCUT2D eigenvalue weighted by Gasteiger charge is 2.30. The van der Waals surface area contributed by atoms with Crippen LogP contribution in [-0.2, 0) is 24.1 Å². The highest BCUT2D eigenvalue weighted by atomic mass is 32.1. The van der Waals surface area contributed by atoms with Crippen molar-refractivity contribution in [2.45, 2.75) is 52.0 Å². The van der Waals surface area contributed by atoms with Gasteiger partial charge in [0.15, 0.2) is 0 Å². The van der Waals surface area contributed by atoms with Crippen molar-refractivity contribution in [3.05, 3.63) is 45.3 Å². The monoisotopic (exact) mass is 383 g/mol. The van der Waals surface area contributed by atoms with Crippen LogP contribution in [0.2, 0.25) is 0 Å². The molecule has 142 valence electrons. The number of nitrogens with two attached hydrogens (primary N) is 1. The molecule has 2 heterocycles. The first-order valence-corrected chi connectivity index (χ1v) is 10.4. The van der Waals surface area contributed by atoms with Crippen molar-refractivity contribution in [3.63, 3.8) is 0 Å². The number of nitrogens with zero attached hydrogens (tertiary/aromatic N) is 1. The molecule has 2 amide bonds. The quantitative estimate of drug-likeness (QED) is 0.849. The van der Waals surface area contributed by atoms with Crippen LogP contribution in [0.3, 0.4) is 0 Å². The molecule has 0 bridgehead atoms. The number of nitrogens with one attached hydrogen (secondary N) is 1. The lowest BCUT2D eigenvalue weighted by Gasteiger charge is -2.35. The second-order valence-corrected chi connectivity index (χ2v) is 8.63. The minimum absolute atomic E-state index is 0.0918. The zero-order valence-corrected chi connectivity index (χ0v) is 16.6. The van der Waals surface area contributed by atoms with Gasteiger partial charge in [-0.2, -0.15) is 0 Å². The van der Waals surface area contributed by atoms with Crippen molar-refractivity contribution < 1.29 is 9.59 Å². The predicted molar refractivity (Wildman–Crippen MR) is 110 cm³/mol. The number of hydrogen-bond donors (Lipinski definition) is 2. The van der Waals surface area contributed by atoms with Crippen LogP contribution in [0.4, 0.5) is 10.7 Å². The molecule has 0 saturated carbocycles. The smallest absolute Gasteiger partial charge is 0.251 e. The normalized spacial score (nSPS) is 16.6. The topological polar surface area (TPSA) is 75.4 Å². The summed E-state index contributed by atoms with van der Waals surface area (Å²) in [4.78, 5) is 28.3. The van der Waals surface area contributed by atoms with E-state index >= 15 is 0 Å². The second kappa shape index (κ2) is 7.00. The number of benzene rings is 1. The van der Waals surface area contributed by atoms with Crippen molar-refractivity contribution in [1.82, 2.24) is 0 Å². The van der Waals surface area contributed by atoms with Gasteiger partial charge in [-0.15, -0.1) is 11.3 Å². The van der Waals surface area contributed by atoms with Crippen molar-refractivity contribution >= 4 is 33.8 Å². The first kappa shape index (κ1) is 18.0. The summed E-state index contributed by atoms with van der Waals surface area (Å²) in [6, 6.07) is 6.10. The Hall–Kier alpha value is -2.34. The van der Waals surface area contributed by atoms with Crippen LogP contribution in [0.15, 0.2) is 18.2 Å². The summed E-state index contributed by atoms with van der Waals surface area (Å²) in [7, 11) is 0. The summed E-state index contributed by atoms with van der Waals surface area (Å²) in [5.41, 5.74) is 10.8. The van der Waals surface area contributed by atoms with Gasteiger partial charge >= 0.3 is 0 Å². The number of carbonyl (C=O) groups excluding carboxylic acids is 2. The Kier molecular flexibility index (Phi) is 4.68. The predicted octanol–water partition coefficient (Wildman–Crippen LogP) is 3.42. The number of carbonyl (C=O) groups is 2. The van der Waals surface area contributed by atoms with E-state index in [4.69, 9.17) is 5.73 Å². The molecule has 27 heavy (non-hydrogen) atoms. The lowest BCUT2D eigenvalue weighted by atomic mass is 9.98. The molecule has 1 unspecified atom stereocenters. The van der Waals surface area contributed by atoms with Gasteiger partial charge < -0.3 is 16.0 Å². The average Bonchev–Trinajstić information content (AvgIpc) is 3.20. The fraction of sp³-hybridized carbons (Fsp3) is 0.429. The minimum Gasteiger partial charge on any atom is -0.365 e. The third-order valence-corrected chi connectivity index (χ3v) is 6.85. The highest BCUT2D eigenvalue weighted by Crippen LogP contribution is 2.39. The molecule has 1 aliphatic heterocycles. The van der Waals surface area contributed by atoms with Crippen LogP contribution in [0.5, 0.6) is 0 Å². The zero-order chi connectivity index (χ0) is 19.1. The summed E-state index contributed by atoms with van der Waals surface area (Å²) >= 11 is 1.51. The van der Waals surface area contributed by atoms with Crippen LogP contribution in [0.25, 0.3) is 0 Å². The fourth-order valence-electron chi connectivity index (χ4n) is 4.27. The Balaban J connectivity index is 1.58. The van der Waals surface area contributed by atoms with Crippen molar-refractivity contribution in [2.24, 2.45) is 5.73 Å². The fourth-order valence-corrected chi connectivity index (χ4v) is 5.57. The number of primary amides is 1. The summed E-state index contributed by atoms with van der Waals surface area (Å²) in [6.45, 7) is 4.88. The molecule has 3 N–H and O–H groups in total. The molecule has 0 fully saturated rings. The molecule has 0 saturated heterocycles. The van der Waals surface area contributed by atoms with E-state index in [9.17, 15) is 9.59 Å². The molecule has 5 nitrogen and oxygen atoms in total. The summed E-state index contributed by atoms with van der Waals surface area (Å²) in [6.07, 6.45) is 4.97. The molecule has 1 aliphatic carbocycles. The van der Waals surface area contributed by atoms with E-state index in [0.717, 1.165) is 49.9 Å². The van der Waals surface area contributed by atoms with Crippen LogP contribution < -0.4 is 16.0 Å². The zero-order valence-electron chi connectivity index (χ0n) is 15.8. The third-order valence-electron chi connectivity index (χ3n) is 5.64. The van der Waals surface area contributed by atoms with Gasteiger partial charge in [0.05, 0.1) is 5.56 Å². The Morgan fingerprint density at radius 1 is 1.22 bits per heavy atom. The largest absolute Gasteiger partial charge is 0.365 e. The van der Waals surface area contributed by atoms with E-state index < -0.39 is 5.91 Å². The van der Waals surface area contributed by atoms with E-state index in [1.165, 1.54) is 27.3 Å². The molecule has 1 aromatic carbocycles. The molecule has 1 atom stereocenters. The summed E-state index contributed by atoms with van der Waals surface area (Å²) < 4.78 is 0. The molecule has 0 spiro atoms. The van der Waals surface area contributed by atoms with E-state index in [1.807, 2.05) is 6.92 Å². The lowest BCUT2D eigenvalue weighted by Crippen LogP contribution is -2.44. The molecular formula is C21H25N3O2S. The second-order valence-electron chi connectivity index (χ2n) is 7.52. The SMILES string of the molecule is Cc1ccc2c(c1)CCCN2C(C)C(=O)Nc1sc2c(c1C(N)=O)CCC2. The number of aryl methyl sites for hydroxylation is 3. The minimum atomic E-state index is -0.448. The van der Waals surface area contributed by atoms with Crippen LogP contribution in [-0.4, -0.2) is 24.4 Å². The van der Waals surface area contributed by atoms with E-state index in [2.05, 4.69) is 35.3 Å². The number of rotatable bonds is 4. The van der Waals surface area contributed by atoms with Gasteiger partial charge in [-0.05, 0) is 63.1 Å². The molecule has 1 aromatic heterocycles. The van der Waals surface area contributed by atoms with E-state index in [-0.39, 0.29) is 11.9 Å². The van der Waals surface area contributed by atoms with Crippen molar-refractivity contribution in [2.75, 3.05) is 16.8 Å². The Bertz CT molecular complexity index is 918. The standard InChI is InChI=1S/C21H25N3O2S/c1-12-8-9-16-14(11-12)5-4-10-24(16)13(2)20(26)23-21-18(19(22)25)15-6-3-7-17(15)27-21/h8-9,11,13H,3-7,10H2,1-2H3,(H2,22,25)(H,23,26). The Morgan fingerprint density at radius 2 is 2.04 bits per heavy atom. The number of hydrogen-bond acceptors (Lipinski definition) is 4. The van der Waals surface area contributed by atoms with E-state index in [1.54, 1.807) is 0 Å². The molecule has 2 aromatic rings.